The zero-order valence-corrected chi connectivity index (χ0v) is 5.64. The van der Waals surface area contributed by atoms with Gasteiger partial charge >= 0.3 is 0 Å². The Kier molecular flexibility index (Phi) is 2.49. The summed E-state index contributed by atoms with van der Waals surface area (Å²) in [5.74, 6) is 0.664. The molecular weight excluding hydrogens is 114 g/mol. The summed E-state index contributed by atoms with van der Waals surface area (Å²) in [5.41, 5.74) is 0. The molecule has 0 saturated carbocycles. The fraction of sp³-hybridized carbons (Fsp3) is 0.857. The van der Waals surface area contributed by atoms with E-state index in [1.165, 1.54) is 6.42 Å². The van der Waals surface area contributed by atoms with Crippen LogP contribution >= 0.6 is 0 Å². The normalized spacial score (nSPS) is 30.7. The topological polar surface area (TPSA) is 32.3 Å². The predicted molar refractivity (Wildman–Crippen MR) is 37.0 cm³/mol. The van der Waals surface area contributed by atoms with Crippen LogP contribution in [0.1, 0.15) is 12.8 Å². The van der Waals surface area contributed by atoms with E-state index in [9.17, 15) is 0 Å². The van der Waals surface area contributed by atoms with E-state index >= 15 is 0 Å². The number of rotatable bonds is 2. The highest BCUT2D eigenvalue weighted by atomic mass is 16.3. The van der Waals surface area contributed by atoms with Crippen molar-refractivity contribution in [3.8, 4) is 0 Å². The van der Waals surface area contributed by atoms with E-state index in [2.05, 4.69) is 12.2 Å². The van der Waals surface area contributed by atoms with Gasteiger partial charge in [-0.15, -0.1) is 0 Å². The largest absolute Gasteiger partial charge is 0.393 e. The molecule has 2 nitrogen and oxygen atoms in total. The van der Waals surface area contributed by atoms with Crippen LogP contribution in [-0.4, -0.2) is 24.3 Å². The summed E-state index contributed by atoms with van der Waals surface area (Å²) in [6.45, 7) is 5.70. The van der Waals surface area contributed by atoms with Gasteiger partial charge < -0.3 is 10.4 Å². The lowest BCUT2D eigenvalue weighted by Gasteiger charge is -2.08. The summed E-state index contributed by atoms with van der Waals surface area (Å²) in [5, 5.41) is 12.1. The standard InChI is InChI=1S/C7H14NO/c1-6(9)4-7-2-3-8-5-7/h6-9H,1-5H2. The van der Waals surface area contributed by atoms with E-state index < -0.39 is 0 Å². The van der Waals surface area contributed by atoms with Crippen LogP contribution in [0.4, 0.5) is 0 Å². The van der Waals surface area contributed by atoms with Gasteiger partial charge in [-0.05, 0) is 38.8 Å². The zero-order chi connectivity index (χ0) is 6.69. The average molecular weight is 128 g/mol. The van der Waals surface area contributed by atoms with E-state index in [0.29, 0.717) is 5.92 Å². The maximum absolute atomic E-state index is 8.87. The Balaban J connectivity index is 2.11. The second-order valence-electron chi connectivity index (χ2n) is 2.75. The third kappa shape index (κ3) is 2.33. The first-order valence-electron chi connectivity index (χ1n) is 3.51. The fourth-order valence-corrected chi connectivity index (χ4v) is 1.30. The molecule has 0 aromatic rings. The fourth-order valence-electron chi connectivity index (χ4n) is 1.30. The SMILES string of the molecule is [CH2]C(O)CC1CCNC1. The Morgan fingerprint density at radius 3 is 3.00 bits per heavy atom. The summed E-state index contributed by atoms with van der Waals surface area (Å²) in [4.78, 5) is 0. The smallest absolute Gasteiger partial charge is 0.0544 e. The Bertz CT molecular complexity index is 77.0. The van der Waals surface area contributed by atoms with Crippen LogP contribution in [-0.2, 0) is 0 Å². The molecule has 1 fully saturated rings. The molecule has 1 heterocycles. The van der Waals surface area contributed by atoms with Crippen molar-refractivity contribution in [2.45, 2.75) is 18.9 Å². The molecule has 0 aliphatic carbocycles. The molecular formula is C7H14NO. The molecule has 2 heteroatoms. The molecule has 1 aliphatic heterocycles. The van der Waals surface area contributed by atoms with Crippen LogP contribution in [0.2, 0.25) is 0 Å². The van der Waals surface area contributed by atoms with Crippen LogP contribution in [0.3, 0.4) is 0 Å². The first-order chi connectivity index (χ1) is 4.29. The third-order valence-corrected chi connectivity index (χ3v) is 1.77. The van der Waals surface area contributed by atoms with Crippen LogP contribution in [0, 0.1) is 12.8 Å². The number of aliphatic hydroxyl groups is 1. The second kappa shape index (κ2) is 3.18. The van der Waals surface area contributed by atoms with Crippen molar-refractivity contribution in [2.24, 2.45) is 5.92 Å². The lowest BCUT2D eigenvalue weighted by Crippen LogP contribution is -2.13. The van der Waals surface area contributed by atoms with Gasteiger partial charge in [-0.1, -0.05) is 0 Å². The number of hydrogen-bond acceptors (Lipinski definition) is 2. The zero-order valence-electron chi connectivity index (χ0n) is 5.64. The summed E-state index contributed by atoms with van der Waals surface area (Å²) in [6.07, 6.45) is 1.69. The minimum atomic E-state index is -0.366. The molecule has 0 amide bonds. The van der Waals surface area contributed by atoms with Gasteiger partial charge in [0.05, 0.1) is 6.10 Å². The molecule has 2 atom stereocenters. The van der Waals surface area contributed by atoms with Gasteiger partial charge in [0, 0.05) is 0 Å². The van der Waals surface area contributed by atoms with Gasteiger partial charge in [0.2, 0.25) is 0 Å². The van der Waals surface area contributed by atoms with Crippen molar-refractivity contribution >= 4 is 0 Å². The van der Waals surface area contributed by atoms with Crippen molar-refractivity contribution in [1.82, 2.24) is 5.32 Å². The minimum Gasteiger partial charge on any atom is -0.393 e. The van der Waals surface area contributed by atoms with Crippen molar-refractivity contribution in [2.75, 3.05) is 13.1 Å². The Morgan fingerprint density at radius 2 is 2.56 bits per heavy atom. The van der Waals surface area contributed by atoms with Crippen molar-refractivity contribution < 1.29 is 5.11 Å². The molecule has 1 rings (SSSR count). The van der Waals surface area contributed by atoms with Gasteiger partial charge in [0.25, 0.3) is 0 Å². The molecule has 0 spiro atoms. The quantitative estimate of drug-likeness (QED) is 0.556. The molecule has 0 bridgehead atoms. The molecule has 1 radical (unpaired) electrons. The van der Waals surface area contributed by atoms with Gasteiger partial charge in [-0.2, -0.15) is 0 Å². The Labute approximate surface area is 56.3 Å². The second-order valence-corrected chi connectivity index (χ2v) is 2.75. The highest BCUT2D eigenvalue weighted by Crippen LogP contribution is 2.13. The van der Waals surface area contributed by atoms with Crippen LogP contribution in [0.15, 0.2) is 0 Å². The first kappa shape index (κ1) is 7.03. The molecule has 1 aliphatic rings. The molecule has 0 aromatic heterocycles. The van der Waals surface area contributed by atoms with Crippen LogP contribution in [0.25, 0.3) is 0 Å². The van der Waals surface area contributed by atoms with Gasteiger partial charge in [0.15, 0.2) is 0 Å². The summed E-state index contributed by atoms with van der Waals surface area (Å²) >= 11 is 0. The number of nitrogens with one attached hydrogen (secondary N) is 1. The van der Waals surface area contributed by atoms with E-state index in [1.54, 1.807) is 0 Å². The predicted octanol–water partition coefficient (Wildman–Crippen LogP) is 0.181. The monoisotopic (exact) mass is 128 g/mol. The first-order valence-corrected chi connectivity index (χ1v) is 3.51. The summed E-state index contributed by atoms with van der Waals surface area (Å²) in [6, 6.07) is 0. The Morgan fingerprint density at radius 1 is 1.78 bits per heavy atom. The van der Waals surface area contributed by atoms with Crippen LogP contribution < -0.4 is 5.32 Å². The van der Waals surface area contributed by atoms with Crippen molar-refractivity contribution in [1.29, 1.82) is 0 Å². The molecule has 2 N–H and O–H groups in total. The molecule has 2 unspecified atom stereocenters. The Hall–Kier alpha value is -0.0800. The van der Waals surface area contributed by atoms with Crippen molar-refractivity contribution in [3.63, 3.8) is 0 Å². The lowest BCUT2D eigenvalue weighted by atomic mass is 10.0. The maximum atomic E-state index is 8.87. The number of aliphatic hydroxyl groups excluding tert-OH is 1. The third-order valence-electron chi connectivity index (χ3n) is 1.77. The number of hydrogen-bond donors (Lipinski definition) is 2. The van der Waals surface area contributed by atoms with E-state index in [0.717, 1.165) is 19.5 Å². The van der Waals surface area contributed by atoms with E-state index in [-0.39, 0.29) is 6.10 Å². The van der Waals surface area contributed by atoms with Gasteiger partial charge in [0.1, 0.15) is 0 Å². The minimum absolute atomic E-state index is 0.366. The molecule has 0 aromatic carbocycles. The molecule has 53 valence electrons. The van der Waals surface area contributed by atoms with Crippen LogP contribution in [0.5, 0.6) is 0 Å². The summed E-state index contributed by atoms with van der Waals surface area (Å²) < 4.78 is 0. The maximum Gasteiger partial charge on any atom is 0.0544 e. The highest BCUT2D eigenvalue weighted by Gasteiger charge is 2.15. The molecule has 1 saturated heterocycles. The van der Waals surface area contributed by atoms with Gasteiger partial charge in [-0.3, -0.25) is 0 Å². The van der Waals surface area contributed by atoms with Crippen molar-refractivity contribution in [3.05, 3.63) is 6.92 Å². The van der Waals surface area contributed by atoms with E-state index in [4.69, 9.17) is 5.11 Å². The van der Waals surface area contributed by atoms with E-state index in [1.807, 2.05) is 0 Å². The highest BCUT2D eigenvalue weighted by molar-refractivity contribution is 4.74. The summed E-state index contributed by atoms with van der Waals surface area (Å²) in [7, 11) is 0. The lowest BCUT2D eigenvalue weighted by molar-refractivity contribution is 0.188. The average Bonchev–Trinajstić information content (AvgIpc) is 2.15. The molecule has 9 heavy (non-hydrogen) atoms. The van der Waals surface area contributed by atoms with Gasteiger partial charge in [-0.25, -0.2) is 0 Å².